The zero-order valence-corrected chi connectivity index (χ0v) is 18.0. The first kappa shape index (κ1) is 21.5. The van der Waals surface area contributed by atoms with Crippen molar-refractivity contribution in [3.63, 3.8) is 0 Å². The molecule has 0 spiro atoms. The van der Waals surface area contributed by atoms with Gasteiger partial charge in [0.1, 0.15) is 11.5 Å². The summed E-state index contributed by atoms with van der Waals surface area (Å²) in [6.07, 6.45) is 6.40. The quantitative estimate of drug-likeness (QED) is 0.345. The number of amides is 1. The van der Waals surface area contributed by atoms with Crippen molar-refractivity contribution in [3.8, 4) is 5.75 Å². The van der Waals surface area contributed by atoms with Gasteiger partial charge in [-0.1, -0.05) is 17.7 Å². The van der Waals surface area contributed by atoms with Gasteiger partial charge in [0, 0.05) is 36.9 Å². The van der Waals surface area contributed by atoms with Crippen LogP contribution >= 0.6 is 11.6 Å². The van der Waals surface area contributed by atoms with E-state index >= 15 is 0 Å². The molecule has 1 amide bonds. The maximum atomic E-state index is 13.1. The molecular weight excluding hydrogens is 430 g/mol. The topological polar surface area (TPSA) is 92.6 Å². The number of rotatable bonds is 6. The van der Waals surface area contributed by atoms with Crippen molar-refractivity contribution in [2.24, 2.45) is 0 Å². The number of pyridine rings is 2. The highest BCUT2D eigenvalue weighted by atomic mass is 35.5. The second-order valence-corrected chi connectivity index (χ2v) is 7.55. The molecule has 1 unspecified atom stereocenters. The third kappa shape index (κ3) is 4.07. The van der Waals surface area contributed by atoms with E-state index in [1.54, 1.807) is 67.3 Å². The number of aliphatic hydroxyl groups excluding tert-OH is 1. The fraction of sp³-hybridized carbons (Fsp3) is 0.167. The van der Waals surface area contributed by atoms with Crippen LogP contribution in [-0.4, -0.2) is 38.3 Å². The molecule has 1 saturated heterocycles. The first-order valence-corrected chi connectivity index (χ1v) is 10.4. The van der Waals surface area contributed by atoms with Crippen molar-refractivity contribution >= 4 is 29.1 Å². The fourth-order valence-corrected chi connectivity index (χ4v) is 3.91. The SMILES string of the molecule is CCOc1ccc(Cl)c(/C(O)=C2\C(=O)C(=O)N(Cc3ccncc3)C2c2cccnc2)c1. The van der Waals surface area contributed by atoms with Crippen LogP contribution < -0.4 is 4.74 Å². The number of Topliss-reactive ketones (excluding diaryl/α,β-unsaturated/α-hetero) is 1. The van der Waals surface area contributed by atoms with Crippen molar-refractivity contribution < 1.29 is 19.4 Å². The van der Waals surface area contributed by atoms with Crippen LogP contribution in [0.4, 0.5) is 0 Å². The van der Waals surface area contributed by atoms with Crippen molar-refractivity contribution in [3.05, 3.63) is 94.5 Å². The third-order valence-corrected chi connectivity index (χ3v) is 5.48. The summed E-state index contributed by atoms with van der Waals surface area (Å²) in [7, 11) is 0. The average molecular weight is 450 g/mol. The zero-order valence-electron chi connectivity index (χ0n) is 17.2. The molecule has 1 aromatic carbocycles. The predicted molar refractivity (Wildman–Crippen MR) is 119 cm³/mol. The highest BCUT2D eigenvalue weighted by molar-refractivity contribution is 6.47. The Labute approximate surface area is 190 Å². The number of ether oxygens (including phenoxy) is 1. The molecule has 8 heteroatoms. The molecule has 1 fully saturated rings. The summed E-state index contributed by atoms with van der Waals surface area (Å²) in [6.45, 7) is 2.42. The normalized spacial score (nSPS) is 17.6. The van der Waals surface area contributed by atoms with Gasteiger partial charge >= 0.3 is 0 Å². The number of ketones is 1. The van der Waals surface area contributed by atoms with Crippen molar-refractivity contribution in [1.82, 2.24) is 14.9 Å². The van der Waals surface area contributed by atoms with Gasteiger partial charge in [0.25, 0.3) is 11.7 Å². The summed E-state index contributed by atoms with van der Waals surface area (Å²) >= 11 is 6.33. The largest absolute Gasteiger partial charge is 0.507 e. The molecule has 0 bridgehead atoms. The molecule has 3 aromatic rings. The molecule has 2 aromatic heterocycles. The maximum absolute atomic E-state index is 13.1. The first-order chi connectivity index (χ1) is 15.5. The molecule has 32 heavy (non-hydrogen) atoms. The minimum atomic E-state index is -0.830. The number of nitrogens with zero attached hydrogens (tertiary/aromatic N) is 3. The van der Waals surface area contributed by atoms with E-state index < -0.39 is 17.7 Å². The van der Waals surface area contributed by atoms with Gasteiger partial charge in [-0.2, -0.15) is 0 Å². The van der Waals surface area contributed by atoms with Gasteiger partial charge in [-0.3, -0.25) is 19.6 Å². The summed E-state index contributed by atoms with van der Waals surface area (Å²) in [5.74, 6) is -1.37. The Balaban J connectivity index is 1.87. The van der Waals surface area contributed by atoms with Crippen LogP contribution in [0.25, 0.3) is 5.76 Å². The lowest BCUT2D eigenvalue weighted by Gasteiger charge is -2.25. The second-order valence-electron chi connectivity index (χ2n) is 7.14. The van der Waals surface area contributed by atoms with E-state index in [0.29, 0.717) is 17.9 Å². The number of likely N-dealkylation sites (tertiary alicyclic amines) is 1. The minimum absolute atomic E-state index is 0.0485. The van der Waals surface area contributed by atoms with Crippen molar-refractivity contribution in [1.29, 1.82) is 0 Å². The first-order valence-electron chi connectivity index (χ1n) is 10.0. The van der Waals surface area contributed by atoms with Gasteiger partial charge < -0.3 is 14.7 Å². The molecule has 1 atom stereocenters. The molecule has 0 aliphatic carbocycles. The highest BCUT2D eigenvalue weighted by Crippen LogP contribution is 2.41. The van der Waals surface area contributed by atoms with E-state index in [4.69, 9.17) is 16.3 Å². The Morgan fingerprint density at radius 1 is 1.12 bits per heavy atom. The summed E-state index contributed by atoms with van der Waals surface area (Å²) in [5.41, 5.74) is 1.56. The third-order valence-electron chi connectivity index (χ3n) is 5.15. The number of halogens is 1. The number of hydrogen-bond acceptors (Lipinski definition) is 6. The van der Waals surface area contributed by atoms with Crippen LogP contribution in [0.5, 0.6) is 5.75 Å². The Morgan fingerprint density at radius 2 is 1.91 bits per heavy atom. The summed E-state index contributed by atoms with van der Waals surface area (Å²) < 4.78 is 5.50. The van der Waals surface area contributed by atoms with Gasteiger partial charge in [-0.05, 0) is 54.4 Å². The summed E-state index contributed by atoms with van der Waals surface area (Å²) in [6, 6.07) is 11.0. The number of aromatic nitrogens is 2. The number of carbonyl (C=O) groups excluding carboxylic acids is 2. The lowest BCUT2D eigenvalue weighted by molar-refractivity contribution is -0.140. The Kier molecular flexibility index (Phi) is 6.18. The van der Waals surface area contributed by atoms with Gasteiger partial charge in [0.15, 0.2) is 0 Å². The van der Waals surface area contributed by atoms with Crippen LogP contribution in [0.2, 0.25) is 5.02 Å². The fourth-order valence-electron chi connectivity index (χ4n) is 3.70. The standard InChI is InChI=1S/C24H20ClN3O4/c1-2-32-17-5-6-19(25)18(12-17)22(29)20-21(16-4-3-9-27-13-16)28(24(31)23(20)30)14-15-7-10-26-11-8-15/h3-13,21,29H,2,14H2,1H3/b22-20+. The van der Waals surface area contributed by atoms with Crippen LogP contribution in [0.3, 0.4) is 0 Å². The van der Waals surface area contributed by atoms with E-state index in [9.17, 15) is 14.7 Å². The van der Waals surface area contributed by atoms with Crippen LogP contribution in [0, 0.1) is 0 Å². The number of hydrogen-bond donors (Lipinski definition) is 1. The van der Waals surface area contributed by atoms with Gasteiger partial charge in [-0.15, -0.1) is 0 Å². The van der Waals surface area contributed by atoms with Crippen LogP contribution in [0.15, 0.2) is 72.8 Å². The number of benzene rings is 1. The highest BCUT2D eigenvalue weighted by Gasteiger charge is 2.46. The smallest absolute Gasteiger partial charge is 0.295 e. The molecule has 1 aliphatic rings. The van der Waals surface area contributed by atoms with E-state index in [1.165, 1.54) is 4.90 Å². The molecule has 1 aliphatic heterocycles. The predicted octanol–water partition coefficient (Wildman–Crippen LogP) is 4.15. The van der Waals surface area contributed by atoms with E-state index in [1.807, 2.05) is 6.92 Å². The molecule has 4 rings (SSSR count). The van der Waals surface area contributed by atoms with E-state index in [-0.39, 0.29) is 28.5 Å². The maximum Gasteiger partial charge on any atom is 0.295 e. The summed E-state index contributed by atoms with van der Waals surface area (Å²) in [4.78, 5) is 35.7. The molecule has 0 radical (unpaired) electrons. The second kappa shape index (κ2) is 9.20. The number of aliphatic hydroxyl groups is 1. The molecular formula is C24H20ClN3O4. The van der Waals surface area contributed by atoms with Gasteiger partial charge in [0.2, 0.25) is 0 Å². The lowest BCUT2D eigenvalue weighted by atomic mass is 9.96. The minimum Gasteiger partial charge on any atom is -0.507 e. The Hall–Kier alpha value is -3.71. The molecule has 162 valence electrons. The molecule has 7 nitrogen and oxygen atoms in total. The number of carbonyl (C=O) groups is 2. The molecule has 1 N–H and O–H groups in total. The molecule has 0 saturated carbocycles. The van der Waals surface area contributed by atoms with Crippen LogP contribution in [-0.2, 0) is 16.1 Å². The molecule has 3 heterocycles. The van der Waals surface area contributed by atoms with E-state index in [2.05, 4.69) is 9.97 Å². The van der Waals surface area contributed by atoms with Crippen molar-refractivity contribution in [2.45, 2.75) is 19.5 Å². The Bertz CT molecular complexity index is 1180. The summed E-state index contributed by atoms with van der Waals surface area (Å²) in [5, 5.41) is 11.4. The average Bonchev–Trinajstić information content (AvgIpc) is 3.06. The van der Waals surface area contributed by atoms with Gasteiger partial charge in [-0.25, -0.2) is 0 Å². The van der Waals surface area contributed by atoms with Crippen molar-refractivity contribution in [2.75, 3.05) is 6.61 Å². The monoisotopic (exact) mass is 449 g/mol. The van der Waals surface area contributed by atoms with Gasteiger partial charge in [0.05, 0.1) is 23.2 Å². The Morgan fingerprint density at radius 3 is 2.59 bits per heavy atom. The zero-order chi connectivity index (χ0) is 22.7. The lowest BCUT2D eigenvalue weighted by Crippen LogP contribution is -2.29. The van der Waals surface area contributed by atoms with Crippen LogP contribution in [0.1, 0.15) is 29.7 Å². The van der Waals surface area contributed by atoms with E-state index in [0.717, 1.165) is 5.56 Å².